The second-order valence-corrected chi connectivity index (χ2v) is 8.91. The summed E-state index contributed by atoms with van der Waals surface area (Å²) in [6, 6.07) is 18.1. The van der Waals surface area contributed by atoms with Gasteiger partial charge in [0.2, 0.25) is 11.8 Å². The summed E-state index contributed by atoms with van der Waals surface area (Å²) in [6.07, 6.45) is 5.37. The molecule has 1 heterocycles. The summed E-state index contributed by atoms with van der Waals surface area (Å²) in [6.45, 7) is 3.69. The fourth-order valence-corrected chi connectivity index (χ4v) is 4.51. The molecule has 3 aromatic rings. The summed E-state index contributed by atoms with van der Waals surface area (Å²) in [5.74, 6) is 0.0996. The maximum absolute atomic E-state index is 13.2. The van der Waals surface area contributed by atoms with E-state index in [0.29, 0.717) is 12.3 Å². The van der Waals surface area contributed by atoms with Gasteiger partial charge in [-0.25, -0.2) is 0 Å². The second-order valence-electron chi connectivity index (χ2n) is 8.91. The minimum absolute atomic E-state index is 0.0991. The molecule has 0 bridgehead atoms. The molecule has 0 aliphatic heterocycles. The van der Waals surface area contributed by atoms with Crippen molar-refractivity contribution in [3.63, 3.8) is 0 Å². The van der Waals surface area contributed by atoms with Gasteiger partial charge in [-0.3, -0.25) is 9.59 Å². The van der Waals surface area contributed by atoms with Crippen LogP contribution in [0.15, 0.2) is 60.8 Å². The average molecular weight is 418 g/mol. The molecule has 3 unspecified atom stereocenters. The maximum atomic E-state index is 13.2. The predicted molar refractivity (Wildman–Crippen MR) is 124 cm³/mol. The van der Waals surface area contributed by atoms with Gasteiger partial charge in [0.05, 0.1) is 0 Å². The van der Waals surface area contributed by atoms with Crippen molar-refractivity contribution in [2.45, 2.75) is 57.5 Å². The van der Waals surface area contributed by atoms with Crippen molar-refractivity contribution in [1.29, 1.82) is 0 Å². The van der Waals surface area contributed by atoms with Crippen LogP contribution in [0.5, 0.6) is 0 Å². The summed E-state index contributed by atoms with van der Waals surface area (Å²) < 4.78 is 0. The van der Waals surface area contributed by atoms with E-state index >= 15 is 0 Å². The normalized spacial score (nSPS) is 19.5. The highest BCUT2D eigenvalue weighted by Crippen LogP contribution is 2.34. The molecule has 2 aromatic carbocycles. The monoisotopic (exact) mass is 417 g/mol. The van der Waals surface area contributed by atoms with Gasteiger partial charge in [-0.05, 0) is 42.4 Å². The number of para-hydroxylation sites is 1. The van der Waals surface area contributed by atoms with Crippen LogP contribution in [0.25, 0.3) is 10.9 Å². The third-order valence-electron chi connectivity index (χ3n) is 6.31. The van der Waals surface area contributed by atoms with E-state index in [0.717, 1.165) is 35.7 Å². The van der Waals surface area contributed by atoms with Gasteiger partial charge in [-0.2, -0.15) is 0 Å². The first-order chi connectivity index (χ1) is 15.0. The highest BCUT2D eigenvalue weighted by molar-refractivity contribution is 5.90. The number of hydrogen-bond donors (Lipinski definition) is 3. The maximum Gasteiger partial charge on any atom is 0.243 e. The van der Waals surface area contributed by atoms with Crippen molar-refractivity contribution < 1.29 is 9.59 Å². The molecule has 1 saturated carbocycles. The Kier molecular flexibility index (Phi) is 6.40. The number of carbonyl (C=O) groups excluding carboxylic acids is 2. The fourth-order valence-electron chi connectivity index (χ4n) is 4.51. The van der Waals surface area contributed by atoms with Crippen molar-refractivity contribution in [2.24, 2.45) is 5.92 Å². The summed E-state index contributed by atoms with van der Waals surface area (Å²) >= 11 is 0. The molecular formula is C26H31N3O2. The van der Waals surface area contributed by atoms with Crippen LogP contribution in [0, 0.1) is 5.92 Å². The van der Waals surface area contributed by atoms with Crippen molar-refractivity contribution in [3.05, 3.63) is 71.9 Å². The largest absolute Gasteiger partial charge is 0.361 e. The Morgan fingerprint density at radius 2 is 1.74 bits per heavy atom. The van der Waals surface area contributed by atoms with E-state index in [9.17, 15) is 9.59 Å². The number of aromatic nitrogens is 1. The molecule has 0 spiro atoms. The lowest BCUT2D eigenvalue weighted by molar-refractivity contribution is -0.130. The van der Waals surface area contributed by atoms with E-state index in [1.807, 2.05) is 50.4 Å². The summed E-state index contributed by atoms with van der Waals surface area (Å²) in [4.78, 5) is 28.9. The third kappa shape index (κ3) is 4.98. The van der Waals surface area contributed by atoms with Gasteiger partial charge < -0.3 is 15.6 Å². The SMILES string of the molecule is CC(C)C(=O)NC(Cc1c[nH]c2ccccc12)C(=O)NC1CCC(c2ccccc2)C1. The number of H-pyrrole nitrogens is 1. The first kappa shape index (κ1) is 21.2. The van der Waals surface area contributed by atoms with E-state index < -0.39 is 6.04 Å². The molecule has 162 valence electrons. The van der Waals surface area contributed by atoms with Crippen LogP contribution in [0.3, 0.4) is 0 Å². The Hall–Kier alpha value is -3.08. The molecule has 5 heteroatoms. The number of nitrogens with one attached hydrogen (secondary N) is 3. The van der Waals surface area contributed by atoms with Crippen LogP contribution in [-0.4, -0.2) is 28.9 Å². The first-order valence-electron chi connectivity index (χ1n) is 11.2. The number of fused-ring (bicyclic) bond motifs is 1. The van der Waals surface area contributed by atoms with Gasteiger partial charge in [-0.15, -0.1) is 0 Å². The van der Waals surface area contributed by atoms with Crippen molar-refractivity contribution >= 4 is 22.7 Å². The zero-order chi connectivity index (χ0) is 21.8. The predicted octanol–water partition coefficient (Wildman–Crippen LogP) is 4.30. The lowest BCUT2D eigenvalue weighted by atomic mass is 9.97. The molecule has 3 N–H and O–H groups in total. The van der Waals surface area contributed by atoms with Gasteiger partial charge in [0.25, 0.3) is 0 Å². The molecule has 1 fully saturated rings. The summed E-state index contributed by atoms with van der Waals surface area (Å²) in [5, 5.41) is 7.28. The highest BCUT2D eigenvalue weighted by atomic mass is 16.2. The molecule has 3 atom stereocenters. The van der Waals surface area contributed by atoms with Crippen LogP contribution in [0.4, 0.5) is 0 Å². The lowest BCUT2D eigenvalue weighted by Crippen LogP contribution is -2.51. The van der Waals surface area contributed by atoms with Crippen LogP contribution < -0.4 is 10.6 Å². The Balaban J connectivity index is 1.46. The second kappa shape index (κ2) is 9.38. The average Bonchev–Trinajstić information content (AvgIpc) is 3.41. The molecule has 1 aliphatic rings. The molecule has 31 heavy (non-hydrogen) atoms. The molecule has 1 aromatic heterocycles. The highest BCUT2D eigenvalue weighted by Gasteiger charge is 2.30. The Morgan fingerprint density at radius 1 is 1.00 bits per heavy atom. The number of aromatic amines is 1. The minimum atomic E-state index is -0.593. The topological polar surface area (TPSA) is 74.0 Å². The van der Waals surface area contributed by atoms with Crippen LogP contribution in [0.1, 0.15) is 50.2 Å². The van der Waals surface area contributed by atoms with Gasteiger partial charge in [-0.1, -0.05) is 62.4 Å². The zero-order valence-electron chi connectivity index (χ0n) is 18.2. The van der Waals surface area contributed by atoms with Crippen molar-refractivity contribution in [2.75, 3.05) is 0 Å². The van der Waals surface area contributed by atoms with Gasteiger partial charge in [0.15, 0.2) is 0 Å². The first-order valence-corrected chi connectivity index (χ1v) is 11.2. The smallest absolute Gasteiger partial charge is 0.243 e. The molecule has 0 radical (unpaired) electrons. The molecule has 1 aliphatic carbocycles. The van der Waals surface area contributed by atoms with E-state index in [2.05, 4.69) is 39.9 Å². The zero-order valence-corrected chi connectivity index (χ0v) is 18.2. The third-order valence-corrected chi connectivity index (χ3v) is 6.31. The van der Waals surface area contributed by atoms with Crippen molar-refractivity contribution in [3.8, 4) is 0 Å². The van der Waals surface area contributed by atoms with Gasteiger partial charge >= 0.3 is 0 Å². The summed E-state index contributed by atoms with van der Waals surface area (Å²) in [5.41, 5.74) is 3.41. The van der Waals surface area contributed by atoms with E-state index in [4.69, 9.17) is 0 Å². The van der Waals surface area contributed by atoms with E-state index in [1.54, 1.807) is 0 Å². The number of hydrogen-bond acceptors (Lipinski definition) is 2. The molecule has 4 rings (SSSR count). The Labute approximate surface area is 183 Å². The Morgan fingerprint density at radius 3 is 2.52 bits per heavy atom. The molecule has 0 saturated heterocycles. The quantitative estimate of drug-likeness (QED) is 0.536. The Bertz CT molecular complexity index is 1040. The lowest BCUT2D eigenvalue weighted by Gasteiger charge is -2.22. The van der Waals surface area contributed by atoms with Gasteiger partial charge in [0.1, 0.15) is 6.04 Å². The summed E-state index contributed by atoms with van der Waals surface area (Å²) in [7, 11) is 0. The number of benzene rings is 2. The number of carbonyl (C=O) groups is 2. The van der Waals surface area contributed by atoms with Crippen LogP contribution >= 0.6 is 0 Å². The van der Waals surface area contributed by atoms with Crippen molar-refractivity contribution in [1.82, 2.24) is 15.6 Å². The van der Waals surface area contributed by atoms with Crippen LogP contribution in [0.2, 0.25) is 0 Å². The fraction of sp³-hybridized carbons (Fsp3) is 0.385. The van der Waals surface area contributed by atoms with E-state index in [1.165, 1.54) is 5.56 Å². The molecule has 5 nitrogen and oxygen atoms in total. The standard InChI is InChI=1S/C26H31N3O2/c1-17(2)25(30)29-24(15-20-16-27-23-11-7-6-10-22(20)23)26(31)28-21-13-12-19(14-21)18-8-4-3-5-9-18/h3-11,16-17,19,21,24,27H,12-15H2,1-2H3,(H,28,31)(H,29,30). The number of amides is 2. The number of rotatable bonds is 7. The van der Waals surface area contributed by atoms with Gasteiger partial charge in [0, 0.05) is 35.5 Å². The molecular weight excluding hydrogens is 386 g/mol. The van der Waals surface area contributed by atoms with E-state index in [-0.39, 0.29) is 23.8 Å². The van der Waals surface area contributed by atoms with Crippen LogP contribution in [-0.2, 0) is 16.0 Å². The minimum Gasteiger partial charge on any atom is -0.361 e. The molecule has 2 amide bonds.